The summed E-state index contributed by atoms with van der Waals surface area (Å²) in [5.74, 6) is -4.93. The average molecular weight is 442 g/mol. The smallest absolute Gasteiger partial charge is 0.267 e. The van der Waals surface area contributed by atoms with Crippen LogP contribution in [0.5, 0.6) is 0 Å². The molecule has 10 heteroatoms. The van der Waals surface area contributed by atoms with Gasteiger partial charge in [-0.05, 0) is 28.8 Å². The number of nitrogens with zero attached hydrogens (tertiary/aromatic N) is 5. The molecule has 0 aliphatic carbocycles. The molecule has 2 unspecified atom stereocenters. The van der Waals surface area contributed by atoms with Crippen LogP contribution >= 0.6 is 0 Å². The summed E-state index contributed by atoms with van der Waals surface area (Å²) in [4.78, 5) is 32.3. The summed E-state index contributed by atoms with van der Waals surface area (Å²) >= 11 is 0. The number of fused-ring (bicyclic) bond motifs is 1. The van der Waals surface area contributed by atoms with E-state index in [0.717, 1.165) is 16.0 Å². The summed E-state index contributed by atoms with van der Waals surface area (Å²) in [5, 5.41) is 4.07. The summed E-state index contributed by atoms with van der Waals surface area (Å²) in [6, 6.07) is 9.64. The molecule has 4 rings (SSSR count). The van der Waals surface area contributed by atoms with Crippen LogP contribution in [0, 0.1) is 0 Å². The first kappa shape index (κ1) is 21.8. The number of carbonyl (C=O) groups is 2. The Bertz CT molecular complexity index is 1140. The summed E-state index contributed by atoms with van der Waals surface area (Å²) in [7, 11) is 3.14. The first-order chi connectivity index (χ1) is 15.2. The maximum Gasteiger partial charge on any atom is 0.267 e. The zero-order chi connectivity index (χ0) is 23.0. The van der Waals surface area contributed by atoms with E-state index in [0.29, 0.717) is 11.2 Å². The van der Waals surface area contributed by atoms with Crippen molar-refractivity contribution < 1.29 is 18.4 Å². The van der Waals surface area contributed by atoms with Crippen molar-refractivity contribution >= 4 is 17.5 Å². The standard InChI is InChI=1S/C22H24F2N6O2/c1-28(2)20(31)18(19(25)21(32)29-10-8-22(23,24)12-29)15-5-3-14(4-6-15)16-7-9-30-17(11-16)26-13-27-30/h3-7,9,11,13,18-19H,8,10,12,25H2,1-2H3. The number of alkyl halides is 2. The fourth-order valence-electron chi connectivity index (χ4n) is 3.94. The molecule has 3 heterocycles. The largest absolute Gasteiger partial charge is 0.348 e. The molecule has 0 saturated carbocycles. The first-order valence-corrected chi connectivity index (χ1v) is 10.2. The summed E-state index contributed by atoms with van der Waals surface area (Å²) < 4.78 is 28.8. The van der Waals surface area contributed by atoms with Gasteiger partial charge in [0.1, 0.15) is 12.4 Å². The minimum atomic E-state index is -2.93. The molecule has 2 atom stereocenters. The number of nitrogens with two attached hydrogens (primary N) is 1. The fourth-order valence-corrected chi connectivity index (χ4v) is 3.94. The number of halogens is 2. The van der Waals surface area contributed by atoms with Gasteiger partial charge in [-0.25, -0.2) is 18.3 Å². The van der Waals surface area contributed by atoms with Gasteiger partial charge in [-0.1, -0.05) is 24.3 Å². The second-order valence-corrected chi connectivity index (χ2v) is 8.20. The molecule has 32 heavy (non-hydrogen) atoms. The summed E-state index contributed by atoms with van der Waals surface area (Å²) in [6.45, 7) is -0.751. The Labute approximate surface area is 183 Å². The molecule has 3 aromatic rings. The molecule has 8 nitrogen and oxygen atoms in total. The Morgan fingerprint density at radius 1 is 1.16 bits per heavy atom. The number of amides is 2. The number of hydrogen-bond donors (Lipinski definition) is 1. The van der Waals surface area contributed by atoms with E-state index in [-0.39, 0.29) is 12.5 Å². The van der Waals surface area contributed by atoms with Crippen molar-refractivity contribution in [1.82, 2.24) is 24.4 Å². The predicted octanol–water partition coefficient (Wildman–Crippen LogP) is 1.76. The molecule has 168 valence electrons. The van der Waals surface area contributed by atoms with E-state index < -0.39 is 36.8 Å². The lowest BCUT2D eigenvalue weighted by molar-refractivity contribution is -0.139. The molecule has 0 spiro atoms. The van der Waals surface area contributed by atoms with Crippen LogP contribution in [-0.2, 0) is 9.59 Å². The number of pyridine rings is 1. The van der Waals surface area contributed by atoms with Gasteiger partial charge in [0.25, 0.3) is 5.92 Å². The van der Waals surface area contributed by atoms with Gasteiger partial charge < -0.3 is 15.5 Å². The summed E-state index contributed by atoms with van der Waals surface area (Å²) in [5.41, 5.74) is 9.23. The van der Waals surface area contributed by atoms with Crippen molar-refractivity contribution in [2.75, 3.05) is 27.2 Å². The van der Waals surface area contributed by atoms with E-state index in [1.807, 2.05) is 24.3 Å². The van der Waals surface area contributed by atoms with E-state index in [4.69, 9.17) is 5.73 Å². The number of rotatable bonds is 5. The molecule has 2 N–H and O–H groups in total. The third kappa shape index (κ3) is 4.18. The van der Waals surface area contributed by atoms with Crippen molar-refractivity contribution in [3.05, 3.63) is 54.5 Å². The third-order valence-electron chi connectivity index (χ3n) is 5.72. The minimum Gasteiger partial charge on any atom is -0.348 e. The first-order valence-electron chi connectivity index (χ1n) is 10.2. The Hall–Kier alpha value is -3.40. The van der Waals surface area contributed by atoms with Gasteiger partial charge in [0, 0.05) is 33.3 Å². The van der Waals surface area contributed by atoms with E-state index in [1.54, 1.807) is 36.9 Å². The molecule has 1 fully saturated rings. The number of likely N-dealkylation sites (N-methyl/N-ethyl adjacent to an activating group) is 1. The van der Waals surface area contributed by atoms with E-state index >= 15 is 0 Å². The van der Waals surface area contributed by atoms with Gasteiger partial charge in [-0.15, -0.1) is 0 Å². The highest BCUT2D eigenvalue weighted by Gasteiger charge is 2.44. The zero-order valence-corrected chi connectivity index (χ0v) is 17.8. The molecule has 1 saturated heterocycles. The molecule has 1 aliphatic rings. The Kier molecular flexibility index (Phi) is 5.64. The lowest BCUT2D eigenvalue weighted by atomic mass is 9.88. The Balaban J connectivity index is 1.61. The second-order valence-electron chi connectivity index (χ2n) is 8.20. The number of likely N-dealkylation sites (tertiary alicyclic amines) is 1. The molecule has 1 aliphatic heterocycles. The normalized spacial score (nSPS) is 17.3. The third-order valence-corrected chi connectivity index (χ3v) is 5.72. The topological polar surface area (TPSA) is 96.8 Å². The van der Waals surface area contributed by atoms with Crippen molar-refractivity contribution in [3.8, 4) is 11.1 Å². The van der Waals surface area contributed by atoms with Crippen LogP contribution in [-0.4, -0.2) is 75.4 Å². The van der Waals surface area contributed by atoms with Gasteiger partial charge in [0.05, 0.1) is 12.5 Å². The summed E-state index contributed by atoms with van der Waals surface area (Å²) in [6.07, 6.45) is 2.86. The van der Waals surface area contributed by atoms with Gasteiger partial charge in [0.15, 0.2) is 5.65 Å². The van der Waals surface area contributed by atoms with Crippen LogP contribution in [0.4, 0.5) is 8.78 Å². The number of hydrogen-bond acceptors (Lipinski definition) is 5. The van der Waals surface area contributed by atoms with Crippen LogP contribution in [0.1, 0.15) is 17.9 Å². The molecule has 0 radical (unpaired) electrons. The average Bonchev–Trinajstić information content (AvgIpc) is 3.38. The van der Waals surface area contributed by atoms with Crippen molar-refractivity contribution in [3.63, 3.8) is 0 Å². The highest BCUT2D eigenvalue weighted by molar-refractivity contribution is 5.93. The SMILES string of the molecule is CN(C)C(=O)C(c1ccc(-c2ccn3ncnc3c2)cc1)C(N)C(=O)N1CCC(F)(F)C1. The van der Waals surface area contributed by atoms with Crippen LogP contribution in [0.3, 0.4) is 0 Å². The highest BCUT2D eigenvalue weighted by Crippen LogP contribution is 2.30. The maximum atomic E-state index is 13.6. The highest BCUT2D eigenvalue weighted by atomic mass is 19.3. The zero-order valence-electron chi connectivity index (χ0n) is 17.8. The van der Waals surface area contributed by atoms with Crippen molar-refractivity contribution in [2.24, 2.45) is 5.73 Å². The Morgan fingerprint density at radius 3 is 2.50 bits per heavy atom. The lowest BCUT2D eigenvalue weighted by Gasteiger charge is -2.28. The number of benzene rings is 1. The number of carbonyl (C=O) groups excluding carboxylic acids is 2. The second kappa shape index (κ2) is 8.27. The van der Waals surface area contributed by atoms with Crippen LogP contribution in [0.2, 0.25) is 0 Å². The lowest BCUT2D eigenvalue weighted by Crippen LogP contribution is -2.50. The monoisotopic (exact) mass is 442 g/mol. The molecular formula is C22H24F2N6O2. The molecule has 2 aromatic heterocycles. The predicted molar refractivity (Wildman–Crippen MR) is 114 cm³/mol. The van der Waals surface area contributed by atoms with Crippen molar-refractivity contribution in [1.29, 1.82) is 0 Å². The quantitative estimate of drug-likeness (QED) is 0.650. The molecular weight excluding hydrogens is 418 g/mol. The number of aromatic nitrogens is 3. The Morgan fingerprint density at radius 2 is 1.88 bits per heavy atom. The van der Waals surface area contributed by atoms with Crippen molar-refractivity contribution in [2.45, 2.75) is 24.3 Å². The van der Waals surface area contributed by atoms with Gasteiger partial charge in [-0.2, -0.15) is 5.10 Å². The minimum absolute atomic E-state index is 0.0769. The van der Waals surface area contributed by atoms with E-state index in [1.165, 1.54) is 11.2 Å². The van der Waals surface area contributed by atoms with Gasteiger partial charge >= 0.3 is 0 Å². The van der Waals surface area contributed by atoms with Crippen LogP contribution < -0.4 is 5.73 Å². The molecule has 1 aromatic carbocycles. The van der Waals surface area contributed by atoms with Crippen LogP contribution in [0.15, 0.2) is 48.9 Å². The van der Waals surface area contributed by atoms with E-state index in [9.17, 15) is 18.4 Å². The van der Waals surface area contributed by atoms with Crippen LogP contribution in [0.25, 0.3) is 16.8 Å². The fraction of sp³-hybridized carbons (Fsp3) is 0.364. The van der Waals surface area contributed by atoms with Gasteiger partial charge in [-0.3, -0.25) is 9.59 Å². The molecule has 2 amide bonds. The van der Waals surface area contributed by atoms with Gasteiger partial charge in [0.2, 0.25) is 11.8 Å². The molecule has 0 bridgehead atoms. The maximum absolute atomic E-state index is 13.6. The van der Waals surface area contributed by atoms with E-state index in [2.05, 4.69) is 10.1 Å².